The molecule has 0 bridgehead atoms. The van der Waals surface area contributed by atoms with E-state index in [1.165, 1.54) is 16.8 Å². The van der Waals surface area contributed by atoms with Crippen molar-refractivity contribution in [2.45, 2.75) is 59.3 Å². The Morgan fingerprint density at radius 1 is 0.933 bits per heavy atom. The lowest BCUT2D eigenvalue weighted by Crippen LogP contribution is -2.17. The van der Waals surface area contributed by atoms with Crippen LogP contribution in [0.2, 0.25) is 0 Å². The van der Waals surface area contributed by atoms with Crippen LogP contribution >= 0.6 is 0 Å². The normalized spacial score (nSPS) is 13.3. The van der Waals surface area contributed by atoms with E-state index in [-0.39, 0.29) is 10.8 Å². The van der Waals surface area contributed by atoms with E-state index in [1.54, 1.807) is 0 Å². The van der Waals surface area contributed by atoms with Gasteiger partial charge in [-0.1, -0.05) is 41.5 Å². The van der Waals surface area contributed by atoms with Gasteiger partial charge in [0.15, 0.2) is 0 Å². The van der Waals surface area contributed by atoms with Crippen molar-refractivity contribution in [2.24, 2.45) is 7.05 Å². The molecule has 1 nitrogen and oxygen atoms in total. The van der Waals surface area contributed by atoms with Crippen molar-refractivity contribution in [3.8, 4) is 0 Å². The Hall–Kier alpha value is -0.720. The number of nitrogens with zero attached hydrogens (tertiary/aromatic N) is 1. The van der Waals surface area contributed by atoms with Crippen LogP contribution < -0.4 is 0 Å². The van der Waals surface area contributed by atoms with Gasteiger partial charge in [-0.25, -0.2) is 0 Å². The highest BCUT2D eigenvalue weighted by atomic mass is 14.9. The average molecular weight is 207 g/mol. The van der Waals surface area contributed by atoms with Crippen LogP contribution in [0, 0.1) is 6.92 Å². The second-order valence-electron chi connectivity index (χ2n) is 6.63. The summed E-state index contributed by atoms with van der Waals surface area (Å²) in [5.74, 6) is 0. The molecule has 0 N–H and O–H groups in total. The second kappa shape index (κ2) is 3.40. The van der Waals surface area contributed by atoms with Crippen molar-refractivity contribution in [2.75, 3.05) is 0 Å². The number of aryl methyl sites for hydroxylation is 1. The van der Waals surface area contributed by atoms with Gasteiger partial charge in [0.05, 0.1) is 0 Å². The van der Waals surface area contributed by atoms with Crippen LogP contribution in [0.3, 0.4) is 0 Å². The van der Waals surface area contributed by atoms with Gasteiger partial charge in [0.1, 0.15) is 0 Å². The molecule has 0 aliphatic heterocycles. The molecular formula is C14H25N. The van der Waals surface area contributed by atoms with Gasteiger partial charge in [-0.3, -0.25) is 0 Å². The topological polar surface area (TPSA) is 4.93 Å². The van der Waals surface area contributed by atoms with Gasteiger partial charge in [-0.2, -0.15) is 0 Å². The van der Waals surface area contributed by atoms with E-state index in [0.717, 1.165) is 0 Å². The summed E-state index contributed by atoms with van der Waals surface area (Å²) in [6.45, 7) is 15.9. The molecule has 0 aliphatic rings. The quantitative estimate of drug-likeness (QED) is 0.607. The van der Waals surface area contributed by atoms with Crippen LogP contribution in [0.15, 0.2) is 6.20 Å². The van der Waals surface area contributed by atoms with Crippen LogP contribution in [-0.4, -0.2) is 4.57 Å². The minimum atomic E-state index is 0.225. The van der Waals surface area contributed by atoms with Gasteiger partial charge in [-0.15, -0.1) is 0 Å². The first-order valence-corrected chi connectivity index (χ1v) is 5.72. The molecule has 0 aromatic carbocycles. The Bertz CT molecular complexity index is 356. The van der Waals surface area contributed by atoms with Gasteiger partial charge >= 0.3 is 0 Å². The van der Waals surface area contributed by atoms with E-state index in [4.69, 9.17) is 0 Å². The second-order valence-corrected chi connectivity index (χ2v) is 6.63. The van der Waals surface area contributed by atoms with Gasteiger partial charge in [0.2, 0.25) is 0 Å². The molecule has 0 saturated heterocycles. The van der Waals surface area contributed by atoms with Gasteiger partial charge in [0, 0.05) is 24.4 Å². The minimum absolute atomic E-state index is 0.225. The smallest absolute Gasteiger partial charge is 0.0258 e. The monoisotopic (exact) mass is 207 g/mol. The molecule has 0 aliphatic carbocycles. The Morgan fingerprint density at radius 2 is 1.40 bits per heavy atom. The van der Waals surface area contributed by atoms with Crippen LogP contribution in [0.1, 0.15) is 58.4 Å². The van der Waals surface area contributed by atoms with Gasteiger partial charge in [-0.05, 0) is 23.5 Å². The Balaban J connectivity index is 3.41. The van der Waals surface area contributed by atoms with E-state index >= 15 is 0 Å². The number of aromatic nitrogens is 1. The van der Waals surface area contributed by atoms with Crippen molar-refractivity contribution >= 4 is 0 Å². The molecule has 1 aromatic rings. The highest BCUT2D eigenvalue weighted by Crippen LogP contribution is 2.34. The van der Waals surface area contributed by atoms with E-state index in [9.17, 15) is 0 Å². The average Bonchev–Trinajstić information content (AvgIpc) is 2.22. The first kappa shape index (κ1) is 12.4. The number of hydrogen-bond donors (Lipinski definition) is 0. The van der Waals surface area contributed by atoms with Crippen LogP contribution in [-0.2, 0) is 17.9 Å². The van der Waals surface area contributed by atoms with Crippen LogP contribution in [0.25, 0.3) is 0 Å². The number of hydrogen-bond acceptors (Lipinski definition) is 0. The van der Waals surface area contributed by atoms with E-state index in [2.05, 4.69) is 66.3 Å². The van der Waals surface area contributed by atoms with Crippen LogP contribution in [0.5, 0.6) is 0 Å². The maximum absolute atomic E-state index is 2.29. The first-order chi connectivity index (χ1) is 6.55. The zero-order valence-electron chi connectivity index (χ0n) is 11.5. The largest absolute Gasteiger partial charge is 0.353 e. The molecule has 86 valence electrons. The molecule has 0 fully saturated rings. The standard InChI is InChI=1S/C14H25N/c1-10-11(13(2,3)4)9-15(8)12(10)14(5,6)7/h9H,1-8H3. The van der Waals surface area contributed by atoms with E-state index in [1.807, 2.05) is 0 Å². The lowest BCUT2D eigenvalue weighted by molar-refractivity contribution is 0.538. The number of rotatable bonds is 0. The summed E-state index contributed by atoms with van der Waals surface area (Å²) >= 11 is 0. The van der Waals surface area contributed by atoms with E-state index in [0.29, 0.717) is 0 Å². The molecule has 0 saturated carbocycles. The van der Waals surface area contributed by atoms with Crippen molar-refractivity contribution < 1.29 is 0 Å². The van der Waals surface area contributed by atoms with Gasteiger partial charge < -0.3 is 4.57 Å². The Morgan fingerprint density at radius 3 is 1.60 bits per heavy atom. The molecule has 0 radical (unpaired) electrons. The zero-order valence-corrected chi connectivity index (χ0v) is 11.5. The van der Waals surface area contributed by atoms with Crippen LogP contribution in [0.4, 0.5) is 0 Å². The van der Waals surface area contributed by atoms with Gasteiger partial charge in [0.25, 0.3) is 0 Å². The molecule has 1 rings (SSSR count). The first-order valence-electron chi connectivity index (χ1n) is 5.72. The summed E-state index contributed by atoms with van der Waals surface area (Å²) in [6.07, 6.45) is 2.29. The SMILES string of the molecule is Cc1c(C(C)(C)C)cn(C)c1C(C)(C)C. The maximum Gasteiger partial charge on any atom is 0.0258 e. The summed E-state index contributed by atoms with van der Waals surface area (Å²) in [5.41, 5.74) is 4.84. The molecule has 1 heteroatoms. The summed E-state index contributed by atoms with van der Waals surface area (Å²) in [5, 5.41) is 0. The molecule has 1 aromatic heterocycles. The predicted molar refractivity (Wildman–Crippen MR) is 67.6 cm³/mol. The lowest BCUT2D eigenvalue weighted by Gasteiger charge is -2.23. The fourth-order valence-electron chi connectivity index (χ4n) is 2.59. The summed E-state index contributed by atoms with van der Waals surface area (Å²) in [4.78, 5) is 0. The molecule has 0 atom stereocenters. The summed E-state index contributed by atoms with van der Waals surface area (Å²) < 4.78 is 2.29. The summed E-state index contributed by atoms with van der Waals surface area (Å²) in [7, 11) is 2.16. The lowest BCUT2D eigenvalue weighted by atomic mass is 9.82. The zero-order chi connectivity index (χ0) is 12.0. The molecule has 1 heterocycles. The van der Waals surface area contributed by atoms with E-state index < -0.39 is 0 Å². The fraction of sp³-hybridized carbons (Fsp3) is 0.714. The molecule has 0 spiro atoms. The van der Waals surface area contributed by atoms with Crippen molar-refractivity contribution in [1.82, 2.24) is 4.57 Å². The molecule has 15 heavy (non-hydrogen) atoms. The summed E-state index contributed by atoms with van der Waals surface area (Å²) in [6, 6.07) is 0. The van der Waals surface area contributed by atoms with Crippen molar-refractivity contribution in [3.63, 3.8) is 0 Å². The molecular weight excluding hydrogens is 182 g/mol. The van der Waals surface area contributed by atoms with Crippen molar-refractivity contribution in [1.29, 1.82) is 0 Å². The molecule has 0 unspecified atom stereocenters. The maximum atomic E-state index is 2.29. The minimum Gasteiger partial charge on any atom is -0.353 e. The third-order valence-corrected chi connectivity index (χ3v) is 2.95. The highest BCUT2D eigenvalue weighted by Gasteiger charge is 2.26. The molecule has 0 amide bonds. The third-order valence-electron chi connectivity index (χ3n) is 2.95. The predicted octanol–water partition coefficient (Wildman–Crippen LogP) is 3.93. The highest BCUT2D eigenvalue weighted by molar-refractivity contribution is 5.39. The van der Waals surface area contributed by atoms with Crippen molar-refractivity contribution in [3.05, 3.63) is 23.0 Å². The fourth-order valence-corrected chi connectivity index (χ4v) is 2.59. The third kappa shape index (κ3) is 2.27. The Kier molecular flexibility index (Phi) is 2.80. The Labute approximate surface area is 94.5 Å².